The standard InChI is InChI=1S/C12H12N2O3S/c15-11-9(18-12(16)13-11)7-8-3-4-10(17-8)14-5-1-2-6-14/h3-4,7H,1-2,5-6H2,(H,13,15,16)/b9-7+. The molecule has 5 nitrogen and oxygen atoms in total. The molecule has 3 rings (SSSR count). The predicted octanol–water partition coefficient (Wildman–Crippen LogP) is 2.20. The number of imide groups is 1. The molecule has 0 saturated carbocycles. The maximum Gasteiger partial charge on any atom is 0.290 e. The van der Waals surface area contributed by atoms with E-state index in [9.17, 15) is 9.59 Å². The fourth-order valence-electron chi connectivity index (χ4n) is 2.08. The minimum Gasteiger partial charge on any atom is -0.441 e. The summed E-state index contributed by atoms with van der Waals surface area (Å²) in [7, 11) is 0. The normalized spacial score (nSPS) is 22.0. The number of furan rings is 1. The topological polar surface area (TPSA) is 62.6 Å². The summed E-state index contributed by atoms with van der Waals surface area (Å²) in [6.07, 6.45) is 3.97. The van der Waals surface area contributed by atoms with Gasteiger partial charge in [-0.15, -0.1) is 0 Å². The van der Waals surface area contributed by atoms with Crippen molar-refractivity contribution >= 4 is 34.9 Å². The summed E-state index contributed by atoms with van der Waals surface area (Å²) >= 11 is 0.898. The number of thioether (sulfide) groups is 1. The van der Waals surface area contributed by atoms with Gasteiger partial charge in [0.05, 0.1) is 4.91 Å². The Morgan fingerprint density at radius 3 is 2.72 bits per heavy atom. The summed E-state index contributed by atoms with van der Waals surface area (Å²) in [4.78, 5) is 25.0. The van der Waals surface area contributed by atoms with Crippen LogP contribution in [0.15, 0.2) is 21.5 Å². The molecule has 94 valence electrons. The second kappa shape index (κ2) is 4.53. The second-order valence-corrected chi connectivity index (χ2v) is 5.24. The summed E-state index contributed by atoms with van der Waals surface area (Å²) in [6.45, 7) is 2.02. The Balaban J connectivity index is 1.79. The lowest BCUT2D eigenvalue weighted by Crippen LogP contribution is -2.17. The molecule has 0 aliphatic carbocycles. The largest absolute Gasteiger partial charge is 0.441 e. The van der Waals surface area contributed by atoms with Crippen LogP contribution in [0.1, 0.15) is 18.6 Å². The summed E-state index contributed by atoms with van der Waals surface area (Å²) < 4.78 is 5.66. The highest BCUT2D eigenvalue weighted by Gasteiger charge is 2.25. The first-order valence-electron chi connectivity index (χ1n) is 5.82. The van der Waals surface area contributed by atoms with E-state index in [1.54, 1.807) is 6.08 Å². The quantitative estimate of drug-likeness (QED) is 0.830. The van der Waals surface area contributed by atoms with E-state index in [0.717, 1.165) is 30.7 Å². The van der Waals surface area contributed by atoms with Crippen LogP contribution >= 0.6 is 11.8 Å². The highest BCUT2D eigenvalue weighted by Crippen LogP contribution is 2.28. The van der Waals surface area contributed by atoms with Crippen LogP contribution in [0.4, 0.5) is 10.7 Å². The summed E-state index contributed by atoms with van der Waals surface area (Å²) in [5.74, 6) is 1.07. The molecule has 2 aliphatic rings. The molecule has 0 atom stereocenters. The Kier molecular flexibility index (Phi) is 2.87. The van der Waals surface area contributed by atoms with E-state index < -0.39 is 0 Å². The van der Waals surface area contributed by atoms with Gasteiger partial charge in [-0.05, 0) is 30.7 Å². The fraction of sp³-hybridized carbons (Fsp3) is 0.333. The van der Waals surface area contributed by atoms with Crippen LogP contribution in [0.5, 0.6) is 0 Å². The van der Waals surface area contributed by atoms with E-state index in [4.69, 9.17) is 4.42 Å². The van der Waals surface area contributed by atoms with E-state index in [1.165, 1.54) is 12.8 Å². The second-order valence-electron chi connectivity index (χ2n) is 4.22. The molecule has 1 aromatic heterocycles. The van der Waals surface area contributed by atoms with Gasteiger partial charge in [-0.3, -0.25) is 14.9 Å². The first-order valence-corrected chi connectivity index (χ1v) is 6.64. The Bertz CT molecular complexity index is 529. The molecule has 0 spiro atoms. The Hall–Kier alpha value is -1.69. The molecule has 0 radical (unpaired) electrons. The molecular formula is C12H12N2O3S. The molecule has 0 unspecified atom stereocenters. The molecule has 0 aromatic carbocycles. The van der Waals surface area contributed by atoms with Crippen molar-refractivity contribution in [2.75, 3.05) is 18.0 Å². The van der Waals surface area contributed by atoms with Gasteiger partial charge in [0.15, 0.2) is 5.88 Å². The van der Waals surface area contributed by atoms with Gasteiger partial charge in [-0.1, -0.05) is 0 Å². The maximum absolute atomic E-state index is 11.4. The molecule has 1 N–H and O–H groups in total. The highest BCUT2D eigenvalue weighted by atomic mass is 32.2. The van der Waals surface area contributed by atoms with Crippen LogP contribution in [0.25, 0.3) is 6.08 Å². The van der Waals surface area contributed by atoms with Crippen molar-refractivity contribution in [2.24, 2.45) is 0 Å². The van der Waals surface area contributed by atoms with Crippen molar-refractivity contribution in [1.29, 1.82) is 0 Å². The Labute approximate surface area is 108 Å². The number of hydrogen-bond donors (Lipinski definition) is 1. The summed E-state index contributed by atoms with van der Waals surface area (Å²) in [6, 6.07) is 3.72. The zero-order chi connectivity index (χ0) is 12.5. The van der Waals surface area contributed by atoms with E-state index in [-0.39, 0.29) is 11.1 Å². The third kappa shape index (κ3) is 2.15. The van der Waals surface area contributed by atoms with Crippen molar-refractivity contribution in [2.45, 2.75) is 12.8 Å². The number of hydrogen-bond acceptors (Lipinski definition) is 5. The van der Waals surface area contributed by atoms with Gasteiger partial charge >= 0.3 is 0 Å². The number of carbonyl (C=O) groups excluding carboxylic acids is 2. The summed E-state index contributed by atoms with van der Waals surface area (Å²) in [5, 5.41) is 1.88. The smallest absolute Gasteiger partial charge is 0.290 e. The van der Waals surface area contributed by atoms with Crippen molar-refractivity contribution in [3.05, 3.63) is 22.8 Å². The molecule has 2 aliphatic heterocycles. The third-order valence-electron chi connectivity index (χ3n) is 2.95. The van der Waals surface area contributed by atoms with E-state index in [2.05, 4.69) is 10.2 Å². The number of anilines is 1. The van der Waals surface area contributed by atoms with Crippen LogP contribution in [0.2, 0.25) is 0 Å². The van der Waals surface area contributed by atoms with Gasteiger partial charge in [-0.25, -0.2) is 0 Å². The fourth-order valence-corrected chi connectivity index (χ4v) is 2.74. The van der Waals surface area contributed by atoms with Crippen molar-refractivity contribution in [1.82, 2.24) is 5.32 Å². The lowest BCUT2D eigenvalue weighted by molar-refractivity contribution is -0.115. The van der Waals surface area contributed by atoms with Crippen LogP contribution < -0.4 is 10.2 Å². The van der Waals surface area contributed by atoms with Gasteiger partial charge in [0, 0.05) is 25.2 Å². The molecule has 1 aromatic rings. The molecular weight excluding hydrogens is 252 g/mol. The minimum atomic E-state index is -0.357. The molecule has 18 heavy (non-hydrogen) atoms. The molecule has 0 bridgehead atoms. The van der Waals surface area contributed by atoms with Gasteiger partial charge in [-0.2, -0.15) is 0 Å². The lowest BCUT2D eigenvalue weighted by atomic mass is 10.4. The molecule has 6 heteroatoms. The van der Waals surface area contributed by atoms with Crippen molar-refractivity contribution in [3.8, 4) is 0 Å². The van der Waals surface area contributed by atoms with Gasteiger partial charge in [0.1, 0.15) is 5.76 Å². The summed E-state index contributed by atoms with van der Waals surface area (Å²) in [5.41, 5.74) is 0. The molecule has 2 amide bonds. The first-order chi connectivity index (χ1) is 8.72. The highest BCUT2D eigenvalue weighted by molar-refractivity contribution is 8.18. The third-order valence-corrected chi connectivity index (χ3v) is 3.76. The lowest BCUT2D eigenvalue weighted by Gasteiger charge is -2.12. The zero-order valence-electron chi connectivity index (χ0n) is 9.64. The van der Waals surface area contributed by atoms with E-state index in [1.807, 2.05) is 12.1 Å². The van der Waals surface area contributed by atoms with Crippen molar-refractivity contribution < 1.29 is 14.0 Å². The number of nitrogens with zero attached hydrogens (tertiary/aromatic N) is 1. The van der Waals surface area contributed by atoms with Crippen molar-refractivity contribution in [3.63, 3.8) is 0 Å². The first kappa shape index (κ1) is 11.4. The number of carbonyl (C=O) groups is 2. The number of nitrogens with one attached hydrogen (secondary N) is 1. The molecule has 2 fully saturated rings. The van der Waals surface area contributed by atoms with Crippen LogP contribution in [-0.2, 0) is 4.79 Å². The number of rotatable bonds is 2. The number of amides is 2. The maximum atomic E-state index is 11.4. The zero-order valence-corrected chi connectivity index (χ0v) is 10.5. The molecule has 2 saturated heterocycles. The van der Waals surface area contributed by atoms with Gasteiger partial charge < -0.3 is 9.32 Å². The Morgan fingerprint density at radius 1 is 1.28 bits per heavy atom. The SMILES string of the molecule is O=C1NC(=O)/C(=C\c2ccc(N3CCCC3)o2)S1. The molecule has 3 heterocycles. The minimum absolute atomic E-state index is 0.336. The van der Waals surface area contributed by atoms with Crippen LogP contribution in [0.3, 0.4) is 0 Å². The van der Waals surface area contributed by atoms with Crippen LogP contribution in [0, 0.1) is 0 Å². The van der Waals surface area contributed by atoms with E-state index >= 15 is 0 Å². The van der Waals surface area contributed by atoms with Gasteiger partial charge in [0.25, 0.3) is 11.1 Å². The van der Waals surface area contributed by atoms with Gasteiger partial charge in [0.2, 0.25) is 0 Å². The average molecular weight is 264 g/mol. The van der Waals surface area contributed by atoms with Crippen LogP contribution in [-0.4, -0.2) is 24.2 Å². The average Bonchev–Trinajstić information content (AvgIpc) is 3.02. The predicted molar refractivity (Wildman–Crippen MR) is 69.3 cm³/mol. The van der Waals surface area contributed by atoms with E-state index in [0.29, 0.717) is 10.7 Å². The Morgan fingerprint density at radius 2 is 2.06 bits per heavy atom. The monoisotopic (exact) mass is 264 g/mol.